The van der Waals surface area contributed by atoms with E-state index in [1.54, 1.807) is 43.4 Å². The first-order valence-electron chi connectivity index (χ1n) is 22.6. The summed E-state index contributed by atoms with van der Waals surface area (Å²) >= 11 is 0. The number of ether oxygens (including phenoxy) is 2. The van der Waals surface area contributed by atoms with Crippen LogP contribution in [0.1, 0.15) is 97.4 Å². The van der Waals surface area contributed by atoms with Crippen LogP contribution in [0.2, 0.25) is 0 Å². The number of carboxylic acids is 1. The second-order valence-electron chi connectivity index (χ2n) is 17.2. The molecular weight excluding hydrogens is 829 g/mol. The Bertz CT molecular complexity index is 1990. The van der Waals surface area contributed by atoms with Crippen LogP contribution in [0.25, 0.3) is 0 Å². The third-order valence-electron chi connectivity index (χ3n) is 11.1. The summed E-state index contributed by atoms with van der Waals surface area (Å²) in [4.78, 5) is 47.2. The van der Waals surface area contributed by atoms with Gasteiger partial charge >= 0.3 is 5.97 Å². The van der Waals surface area contributed by atoms with Crippen LogP contribution < -0.4 is 10.2 Å². The molecule has 65 heavy (non-hydrogen) atoms. The number of unbranched alkanes of at least 4 members (excludes halogenated alkanes) is 2. The van der Waals surface area contributed by atoms with Gasteiger partial charge in [-0.25, -0.2) is 14.8 Å². The minimum atomic E-state index is -1.83. The van der Waals surface area contributed by atoms with E-state index < -0.39 is 48.7 Å². The highest BCUT2D eigenvalue weighted by atomic mass is 16.7. The fourth-order valence-corrected chi connectivity index (χ4v) is 7.33. The third-order valence-corrected chi connectivity index (χ3v) is 11.1. The molecule has 1 aromatic rings. The first-order valence-corrected chi connectivity index (χ1v) is 22.6. The smallest absolute Gasteiger partial charge is 0.335 e. The van der Waals surface area contributed by atoms with Gasteiger partial charge in [-0.05, 0) is 89.7 Å². The molecule has 2 heterocycles. The zero-order chi connectivity index (χ0) is 48.1. The zero-order valence-electron chi connectivity index (χ0n) is 39.3. The van der Waals surface area contributed by atoms with Crippen molar-refractivity contribution in [2.45, 2.75) is 137 Å². The van der Waals surface area contributed by atoms with Crippen molar-refractivity contribution < 1.29 is 49.4 Å². The summed E-state index contributed by atoms with van der Waals surface area (Å²) in [7, 11) is 2.03. The fraction of sp³-hybridized carbons (Fsp3) is 0.510. The number of aliphatic carboxylic acids is 1. The van der Waals surface area contributed by atoms with E-state index in [9.17, 15) is 39.9 Å². The van der Waals surface area contributed by atoms with Gasteiger partial charge in [-0.15, -0.1) is 0 Å². The van der Waals surface area contributed by atoms with Crippen molar-refractivity contribution in [3.63, 3.8) is 0 Å². The number of hydrogen-bond donors (Lipinski definition) is 6. The highest BCUT2D eigenvalue weighted by Crippen LogP contribution is 2.29. The SMILES string of the molecule is C\C(=C/C=C/C=C/C=C/C=C/C(C)C(OC1OC(C(=O)O)C(O)C(O)C1O)/C(C)=C/C(C)CCC/C=C/C(C)C/C=C/CCCN(C)c1nc(C)cc(C)n1)C(=O)NC1=C(O)CCC1=O. The van der Waals surface area contributed by atoms with E-state index in [0.29, 0.717) is 11.5 Å². The number of hydrogen-bond acceptors (Lipinski definition) is 12. The lowest BCUT2D eigenvalue weighted by Gasteiger charge is -2.40. The van der Waals surface area contributed by atoms with Crippen LogP contribution >= 0.6 is 0 Å². The molecule has 0 radical (unpaired) electrons. The highest BCUT2D eigenvalue weighted by molar-refractivity contribution is 6.04. The van der Waals surface area contributed by atoms with Crippen molar-refractivity contribution in [2.75, 3.05) is 18.5 Å². The number of aryl methyl sites for hydroxylation is 2. The number of carbonyl (C=O) groups is 3. The van der Waals surface area contributed by atoms with E-state index in [1.807, 2.05) is 59.0 Å². The number of ketones is 1. The number of nitrogens with one attached hydrogen (secondary N) is 1. The standard InChI is InChI=1S/C51H72N4O10/c1-33(23-17-14-15-22-30-55(8)51-52-38(6)32-39(7)53-51)24-18-16-19-25-34(2)31-37(5)46(64-50-45(60)43(58)44(59)47(65-50)49(62)63)35(3)26-20-12-10-9-11-13-21-27-36(4)48(61)54-42-40(56)28-29-41(42)57/h9-14,17-18,20-21,24,26-27,31-35,43-47,50,56,58-60H,15-16,19,22-23,25,28-30H2,1-8H3,(H,54,61)(H,62,63)/b11-9+,12-10+,17-14+,21-13+,24-18+,26-20+,36-27+,37-31+. The van der Waals surface area contributed by atoms with Gasteiger partial charge in [0, 0.05) is 49.3 Å². The molecule has 0 saturated carbocycles. The lowest BCUT2D eigenvalue weighted by molar-refractivity contribution is -0.303. The lowest BCUT2D eigenvalue weighted by atomic mass is 9.92. The average Bonchev–Trinajstić information content (AvgIpc) is 3.57. The second-order valence-corrected chi connectivity index (χ2v) is 17.2. The first kappa shape index (κ1) is 54.1. The van der Waals surface area contributed by atoms with Gasteiger partial charge in [0.2, 0.25) is 5.95 Å². The minimum absolute atomic E-state index is 0.0415. The largest absolute Gasteiger partial charge is 0.510 e. The maximum Gasteiger partial charge on any atom is 0.335 e. The molecule has 9 unspecified atom stereocenters. The predicted molar refractivity (Wildman–Crippen MR) is 254 cm³/mol. The van der Waals surface area contributed by atoms with E-state index in [-0.39, 0.29) is 41.9 Å². The minimum Gasteiger partial charge on any atom is -0.510 e. The number of carboxylic acid groups (broad SMARTS) is 1. The number of amides is 1. The van der Waals surface area contributed by atoms with Gasteiger partial charge in [0.15, 0.2) is 18.2 Å². The third kappa shape index (κ3) is 18.6. The van der Waals surface area contributed by atoms with Crippen molar-refractivity contribution >= 4 is 23.6 Å². The van der Waals surface area contributed by atoms with E-state index in [4.69, 9.17) is 9.47 Å². The molecule has 1 aliphatic carbocycles. The van der Waals surface area contributed by atoms with Gasteiger partial charge in [-0.2, -0.15) is 0 Å². The molecule has 14 heteroatoms. The van der Waals surface area contributed by atoms with Gasteiger partial charge in [0.25, 0.3) is 5.91 Å². The molecule has 1 aliphatic heterocycles. The summed E-state index contributed by atoms with van der Waals surface area (Å²) in [6.45, 7) is 14.6. The average molecular weight is 901 g/mol. The quantitative estimate of drug-likeness (QED) is 0.0243. The van der Waals surface area contributed by atoms with Gasteiger partial charge < -0.3 is 45.2 Å². The Labute approximate surface area is 385 Å². The Balaban J connectivity index is 1.53. The van der Waals surface area contributed by atoms with E-state index in [1.165, 1.54) is 0 Å². The summed E-state index contributed by atoms with van der Waals surface area (Å²) in [5.41, 5.74) is 3.11. The molecule has 0 aromatic carbocycles. The van der Waals surface area contributed by atoms with Crippen molar-refractivity contribution in [1.82, 2.24) is 15.3 Å². The van der Waals surface area contributed by atoms with Crippen LogP contribution in [-0.4, -0.2) is 104 Å². The Morgan fingerprint density at radius 2 is 1.52 bits per heavy atom. The Kier molecular flexibility index (Phi) is 23.2. The summed E-state index contributed by atoms with van der Waals surface area (Å²) in [6, 6.07) is 1.98. The van der Waals surface area contributed by atoms with Crippen molar-refractivity contribution in [1.29, 1.82) is 0 Å². The second kappa shape index (κ2) is 27.9. The van der Waals surface area contributed by atoms with E-state index in [2.05, 4.69) is 64.4 Å². The molecule has 1 amide bonds. The molecule has 1 saturated heterocycles. The number of rotatable bonds is 25. The zero-order valence-corrected chi connectivity index (χ0v) is 39.3. The Morgan fingerprint density at radius 1 is 0.877 bits per heavy atom. The molecule has 3 rings (SSSR count). The van der Waals surface area contributed by atoms with Gasteiger partial charge in [0.05, 0.1) is 6.10 Å². The number of Topliss-reactive ketones (excluding diaryl/α,β-unsaturated/α-hetero) is 1. The van der Waals surface area contributed by atoms with E-state index in [0.717, 1.165) is 68.0 Å². The lowest BCUT2D eigenvalue weighted by Crippen LogP contribution is -2.61. The van der Waals surface area contributed by atoms with Crippen LogP contribution in [0.4, 0.5) is 5.95 Å². The highest BCUT2D eigenvalue weighted by Gasteiger charge is 2.48. The monoisotopic (exact) mass is 901 g/mol. The molecule has 6 N–H and O–H groups in total. The van der Waals surface area contributed by atoms with Gasteiger partial charge in [-0.3, -0.25) is 9.59 Å². The number of aliphatic hydroxyl groups is 4. The number of allylic oxidation sites excluding steroid dienone is 15. The van der Waals surface area contributed by atoms with Gasteiger partial charge in [-0.1, -0.05) is 106 Å². The molecule has 1 aromatic heterocycles. The summed E-state index contributed by atoms with van der Waals surface area (Å²) in [5.74, 6) is -1.26. The topological polar surface area (TPSA) is 212 Å². The van der Waals surface area contributed by atoms with Crippen molar-refractivity contribution in [3.05, 3.63) is 125 Å². The number of aromatic nitrogens is 2. The fourth-order valence-electron chi connectivity index (χ4n) is 7.33. The predicted octanol–water partition coefficient (Wildman–Crippen LogP) is 7.53. The van der Waals surface area contributed by atoms with Crippen LogP contribution in [0.15, 0.2) is 114 Å². The first-order chi connectivity index (χ1) is 30.9. The maximum absolute atomic E-state index is 12.4. The molecule has 356 valence electrons. The number of nitrogens with zero attached hydrogens (tertiary/aromatic N) is 3. The van der Waals surface area contributed by atoms with Crippen molar-refractivity contribution in [2.24, 2.45) is 17.8 Å². The molecular formula is C51H72N4O10. The number of anilines is 1. The summed E-state index contributed by atoms with van der Waals surface area (Å²) in [6.07, 6.45) is 24.0. The molecule has 0 spiro atoms. The molecule has 1 fully saturated rings. The Hall–Kier alpha value is -5.25. The van der Waals surface area contributed by atoms with Gasteiger partial charge in [0.1, 0.15) is 29.8 Å². The molecule has 2 aliphatic rings. The number of aliphatic hydroxyl groups excluding tert-OH is 4. The van der Waals surface area contributed by atoms with E-state index >= 15 is 0 Å². The molecule has 14 nitrogen and oxygen atoms in total. The molecule has 0 bridgehead atoms. The van der Waals surface area contributed by atoms with Crippen LogP contribution in [0.5, 0.6) is 0 Å². The number of carbonyl (C=O) groups excluding carboxylic acids is 2. The maximum atomic E-state index is 12.4. The van der Waals surface area contributed by atoms with Crippen LogP contribution in [0, 0.1) is 31.6 Å². The Morgan fingerprint density at radius 3 is 2.17 bits per heavy atom. The van der Waals surface area contributed by atoms with Crippen molar-refractivity contribution in [3.8, 4) is 0 Å². The molecule has 9 atom stereocenters. The van der Waals surface area contributed by atoms with Crippen LogP contribution in [-0.2, 0) is 23.9 Å². The normalized spacial score (nSPS) is 23.2. The summed E-state index contributed by atoms with van der Waals surface area (Å²) < 4.78 is 11.7. The van der Waals surface area contributed by atoms with Crippen LogP contribution in [0.3, 0.4) is 0 Å². The summed E-state index contributed by atoms with van der Waals surface area (Å²) in [5, 5.41) is 53.3.